The minimum atomic E-state index is -0.165. The van der Waals surface area contributed by atoms with Crippen LogP contribution in [0.15, 0.2) is 22.7 Å². The van der Waals surface area contributed by atoms with Gasteiger partial charge in [-0.05, 0) is 37.5 Å². The lowest BCUT2D eigenvalue weighted by Crippen LogP contribution is -2.26. The molecule has 2 atom stereocenters. The van der Waals surface area contributed by atoms with Crippen LogP contribution in [0.5, 0.6) is 0 Å². The molecule has 1 saturated heterocycles. The largest absolute Gasteiger partial charge is 0.373 e. The molecule has 18 heavy (non-hydrogen) atoms. The summed E-state index contributed by atoms with van der Waals surface area (Å²) < 4.78 is 20.5. The maximum absolute atomic E-state index is 13.9. The standard InChI is InChI=1S/C14H17BrFNO/c15-10-1-4-13(16)12(7-10)14-9(5-6-18-14)8-17-11-2-3-11/h1,4,7,9,11,14,17H,2-3,5-6,8H2. The molecule has 2 fully saturated rings. The molecule has 0 amide bonds. The van der Waals surface area contributed by atoms with Crippen LogP contribution >= 0.6 is 15.9 Å². The number of hydrogen-bond acceptors (Lipinski definition) is 2. The van der Waals surface area contributed by atoms with Crippen molar-refractivity contribution in [1.29, 1.82) is 0 Å². The smallest absolute Gasteiger partial charge is 0.129 e. The van der Waals surface area contributed by atoms with Gasteiger partial charge in [0.05, 0.1) is 6.10 Å². The number of halogens is 2. The van der Waals surface area contributed by atoms with Gasteiger partial charge >= 0.3 is 0 Å². The van der Waals surface area contributed by atoms with Gasteiger partial charge in [0.25, 0.3) is 0 Å². The Labute approximate surface area is 115 Å². The van der Waals surface area contributed by atoms with Crippen LogP contribution in [0.25, 0.3) is 0 Å². The van der Waals surface area contributed by atoms with Gasteiger partial charge in [-0.2, -0.15) is 0 Å². The number of rotatable bonds is 4. The molecular weight excluding hydrogens is 297 g/mol. The van der Waals surface area contributed by atoms with Crippen LogP contribution in [0.4, 0.5) is 4.39 Å². The van der Waals surface area contributed by atoms with Gasteiger partial charge < -0.3 is 10.1 Å². The Bertz CT molecular complexity index is 436. The fraction of sp³-hybridized carbons (Fsp3) is 0.571. The minimum Gasteiger partial charge on any atom is -0.373 e. The normalized spacial score (nSPS) is 27.7. The first-order valence-electron chi connectivity index (χ1n) is 6.54. The molecule has 1 aliphatic heterocycles. The van der Waals surface area contributed by atoms with E-state index in [4.69, 9.17) is 4.74 Å². The quantitative estimate of drug-likeness (QED) is 0.919. The van der Waals surface area contributed by atoms with Crippen molar-refractivity contribution in [3.8, 4) is 0 Å². The van der Waals surface area contributed by atoms with Gasteiger partial charge in [0.15, 0.2) is 0 Å². The third-order valence-corrected chi connectivity index (χ3v) is 4.22. The average Bonchev–Trinajstić information content (AvgIpc) is 3.08. The predicted molar refractivity (Wildman–Crippen MR) is 71.9 cm³/mol. The molecule has 2 aliphatic rings. The van der Waals surface area contributed by atoms with E-state index in [-0.39, 0.29) is 11.9 Å². The Kier molecular flexibility index (Phi) is 3.68. The molecule has 0 spiro atoms. The summed E-state index contributed by atoms with van der Waals surface area (Å²) in [5.41, 5.74) is 0.685. The molecule has 0 aromatic heterocycles. The highest BCUT2D eigenvalue weighted by atomic mass is 79.9. The van der Waals surface area contributed by atoms with E-state index in [9.17, 15) is 4.39 Å². The highest BCUT2D eigenvalue weighted by Gasteiger charge is 2.33. The van der Waals surface area contributed by atoms with Crippen LogP contribution in [0.2, 0.25) is 0 Å². The van der Waals surface area contributed by atoms with E-state index >= 15 is 0 Å². The summed E-state index contributed by atoms with van der Waals surface area (Å²) in [6, 6.07) is 5.77. The highest BCUT2D eigenvalue weighted by Crippen LogP contribution is 2.37. The minimum absolute atomic E-state index is 0.103. The molecule has 4 heteroatoms. The molecule has 2 unspecified atom stereocenters. The summed E-state index contributed by atoms with van der Waals surface area (Å²) in [7, 11) is 0. The van der Waals surface area contributed by atoms with Crippen LogP contribution in [-0.2, 0) is 4.74 Å². The molecule has 1 aromatic carbocycles. The predicted octanol–water partition coefficient (Wildman–Crippen LogP) is 3.42. The van der Waals surface area contributed by atoms with Crippen molar-refractivity contribution in [3.63, 3.8) is 0 Å². The van der Waals surface area contributed by atoms with E-state index in [0.717, 1.165) is 24.0 Å². The first-order chi connectivity index (χ1) is 8.74. The fourth-order valence-corrected chi connectivity index (χ4v) is 2.90. The van der Waals surface area contributed by atoms with E-state index in [1.165, 1.54) is 18.9 Å². The zero-order valence-electron chi connectivity index (χ0n) is 10.2. The van der Waals surface area contributed by atoms with Gasteiger partial charge in [-0.15, -0.1) is 0 Å². The van der Waals surface area contributed by atoms with Crippen LogP contribution in [-0.4, -0.2) is 19.2 Å². The molecule has 98 valence electrons. The van der Waals surface area contributed by atoms with Gasteiger partial charge in [0, 0.05) is 35.1 Å². The lowest BCUT2D eigenvalue weighted by molar-refractivity contribution is 0.0873. The topological polar surface area (TPSA) is 21.3 Å². The summed E-state index contributed by atoms with van der Waals surface area (Å²) >= 11 is 3.40. The lowest BCUT2D eigenvalue weighted by atomic mass is 9.95. The molecule has 1 N–H and O–H groups in total. The van der Waals surface area contributed by atoms with Crippen molar-refractivity contribution in [2.45, 2.75) is 31.4 Å². The van der Waals surface area contributed by atoms with E-state index in [0.29, 0.717) is 17.5 Å². The second-order valence-electron chi connectivity index (χ2n) is 5.19. The van der Waals surface area contributed by atoms with Crippen molar-refractivity contribution in [2.75, 3.05) is 13.2 Å². The molecule has 1 heterocycles. The maximum atomic E-state index is 13.9. The average molecular weight is 314 g/mol. The van der Waals surface area contributed by atoms with Crippen molar-refractivity contribution in [1.82, 2.24) is 5.32 Å². The van der Waals surface area contributed by atoms with Crippen LogP contribution in [0, 0.1) is 11.7 Å². The molecule has 1 aromatic rings. The summed E-state index contributed by atoms with van der Waals surface area (Å²) in [4.78, 5) is 0. The van der Waals surface area contributed by atoms with Crippen molar-refractivity contribution < 1.29 is 9.13 Å². The maximum Gasteiger partial charge on any atom is 0.129 e. The third-order valence-electron chi connectivity index (χ3n) is 3.72. The first-order valence-corrected chi connectivity index (χ1v) is 7.33. The fourth-order valence-electron chi connectivity index (χ4n) is 2.52. The van der Waals surface area contributed by atoms with Crippen LogP contribution in [0.3, 0.4) is 0 Å². The number of ether oxygens (including phenoxy) is 1. The second-order valence-corrected chi connectivity index (χ2v) is 6.10. The lowest BCUT2D eigenvalue weighted by Gasteiger charge is -2.20. The van der Waals surface area contributed by atoms with Gasteiger partial charge in [-0.3, -0.25) is 0 Å². The molecule has 1 aliphatic carbocycles. The second kappa shape index (κ2) is 5.27. The Morgan fingerprint density at radius 2 is 2.17 bits per heavy atom. The molecule has 0 radical (unpaired) electrons. The molecule has 1 saturated carbocycles. The van der Waals surface area contributed by atoms with E-state index in [1.807, 2.05) is 6.07 Å². The van der Waals surface area contributed by atoms with E-state index in [1.54, 1.807) is 6.07 Å². The first kappa shape index (κ1) is 12.6. The van der Waals surface area contributed by atoms with E-state index < -0.39 is 0 Å². The van der Waals surface area contributed by atoms with Gasteiger partial charge in [0.1, 0.15) is 5.82 Å². The third kappa shape index (κ3) is 2.76. The monoisotopic (exact) mass is 313 g/mol. The summed E-state index contributed by atoms with van der Waals surface area (Å²) in [6.07, 6.45) is 3.47. The highest BCUT2D eigenvalue weighted by molar-refractivity contribution is 9.10. The zero-order chi connectivity index (χ0) is 12.5. The summed E-state index contributed by atoms with van der Waals surface area (Å²) in [5.74, 6) is 0.218. The Hall–Kier alpha value is -0.450. The number of nitrogens with one attached hydrogen (secondary N) is 1. The van der Waals surface area contributed by atoms with Crippen molar-refractivity contribution in [3.05, 3.63) is 34.1 Å². The molecule has 3 rings (SSSR count). The van der Waals surface area contributed by atoms with E-state index in [2.05, 4.69) is 21.2 Å². The van der Waals surface area contributed by atoms with Gasteiger partial charge in [-0.25, -0.2) is 4.39 Å². The van der Waals surface area contributed by atoms with Gasteiger partial charge in [0.2, 0.25) is 0 Å². The summed E-state index contributed by atoms with van der Waals surface area (Å²) in [5, 5.41) is 3.52. The number of benzene rings is 1. The van der Waals surface area contributed by atoms with Gasteiger partial charge in [-0.1, -0.05) is 15.9 Å². The Balaban J connectivity index is 1.73. The van der Waals surface area contributed by atoms with Crippen molar-refractivity contribution >= 4 is 15.9 Å². The summed E-state index contributed by atoms with van der Waals surface area (Å²) in [6.45, 7) is 1.66. The SMILES string of the molecule is Fc1ccc(Br)cc1C1OCCC1CNC1CC1. The molecule has 0 bridgehead atoms. The van der Waals surface area contributed by atoms with Crippen molar-refractivity contribution in [2.24, 2.45) is 5.92 Å². The molecular formula is C14H17BrFNO. The number of hydrogen-bond donors (Lipinski definition) is 1. The zero-order valence-corrected chi connectivity index (χ0v) is 11.7. The Morgan fingerprint density at radius 3 is 2.94 bits per heavy atom. The Morgan fingerprint density at radius 1 is 1.33 bits per heavy atom. The molecule has 2 nitrogen and oxygen atoms in total. The van der Waals surface area contributed by atoms with Crippen LogP contribution < -0.4 is 5.32 Å². The van der Waals surface area contributed by atoms with Crippen LogP contribution in [0.1, 0.15) is 30.9 Å².